The van der Waals surface area contributed by atoms with Crippen LogP contribution in [0, 0.1) is 0 Å². The molecule has 1 unspecified atom stereocenters. The predicted molar refractivity (Wildman–Crippen MR) is 63.5 cm³/mol. The second-order valence-electron chi connectivity index (χ2n) is 5.02. The van der Waals surface area contributed by atoms with Crippen LogP contribution in [0.15, 0.2) is 4.42 Å². The molecule has 88 valence electrons. The molecule has 0 bridgehead atoms. The largest absolute Gasteiger partial charge is 0.465 e. The van der Waals surface area contributed by atoms with Crippen molar-refractivity contribution in [2.75, 3.05) is 20.1 Å². The monoisotopic (exact) mass is 220 g/mol. The summed E-state index contributed by atoms with van der Waals surface area (Å²) < 4.78 is 6.01. The molecule has 1 aliphatic heterocycles. The zero-order chi connectivity index (χ0) is 11.1. The zero-order valence-corrected chi connectivity index (χ0v) is 9.96. The van der Waals surface area contributed by atoms with E-state index in [1.54, 1.807) is 0 Å². The molecule has 0 amide bonds. The number of furan rings is 1. The molecule has 0 spiro atoms. The smallest absolute Gasteiger partial charge is 0.110 e. The standard InChI is InChI=1S/C13H20N2O/c1-15-8-6-12-13(10(15)5-7-14)9-3-2-4-11(9)16-12/h10H,2-8,14H2,1H3. The first kappa shape index (κ1) is 10.4. The summed E-state index contributed by atoms with van der Waals surface area (Å²) in [6, 6.07) is 0.499. The van der Waals surface area contributed by atoms with E-state index in [4.69, 9.17) is 10.2 Å². The summed E-state index contributed by atoms with van der Waals surface area (Å²) in [5.41, 5.74) is 8.74. The number of fused-ring (bicyclic) bond motifs is 3. The maximum absolute atomic E-state index is 6.01. The molecule has 0 fully saturated rings. The summed E-state index contributed by atoms with van der Waals surface area (Å²) >= 11 is 0. The highest BCUT2D eigenvalue weighted by molar-refractivity contribution is 5.40. The molecular formula is C13H20N2O. The third-order valence-electron chi connectivity index (χ3n) is 4.04. The Bertz CT molecular complexity index is 397. The highest BCUT2D eigenvalue weighted by Crippen LogP contribution is 2.40. The molecule has 2 aliphatic rings. The Morgan fingerprint density at radius 1 is 1.31 bits per heavy atom. The van der Waals surface area contributed by atoms with E-state index in [2.05, 4.69) is 11.9 Å². The first-order valence-corrected chi connectivity index (χ1v) is 6.35. The summed E-state index contributed by atoms with van der Waals surface area (Å²) in [6.07, 6.45) is 5.74. The summed E-state index contributed by atoms with van der Waals surface area (Å²) in [6.45, 7) is 1.86. The lowest BCUT2D eigenvalue weighted by Crippen LogP contribution is -2.33. The molecule has 0 radical (unpaired) electrons. The average Bonchev–Trinajstić information content (AvgIpc) is 2.82. The number of hydrogen-bond donors (Lipinski definition) is 1. The van der Waals surface area contributed by atoms with Gasteiger partial charge in [-0.15, -0.1) is 0 Å². The fraction of sp³-hybridized carbons (Fsp3) is 0.692. The van der Waals surface area contributed by atoms with Gasteiger partial charge in [0.05, 0.1) is 0 Å². The molecule has 2 N–H and O–H groups in total. The number of likely N-dealkylation sites (N-methyl/N-ethyl adjacent to an activating group) is 1. The fourth-order valence-corrected chi connectivity index (χ4v) is 3.23. The summed E-state index contributed by atoms with van der Waals surface area (Å²) in [5.74, 6) is 2.52. The van der Waals surface area contributed by atoms with Gasteiger partial charge < -0.3 is 10.2 Å². The summed E-state index contributed by atoms with van der Waals surface area (Å²) in [5, 5.41) is 0. The molecule has 1 aromatic heterocycles. The van der Waals surface area contributed by atoms with Gasteiger partial charge in [-0.05, 0) is 38.4 Å². The molecule has 3 nitrogen and oxygen atoms in total. The van der Waals surface area contributed by atoms with Crippen LogP contribution in [-0.4, -0.2) is 25.0 Å². The molecule has 1 atom stereocenters. The lowest BCUT2D eigenvalue weighted by molar-refractivity contribution is 0.209. The molecule has 0 aromatic carbocycles. The Labute approximate surface area is 96.6 Å². The SMILES string of the molecule is CN1CCc2oc3c(c2C1CCN)CCC3. The van der Waals surface area contributed by atoms with E-state index in [0.717, 1.165) is 32.4 Å². The van der Waals surface area contributed by atoms with Gasteiger partial charge in [0.2, 0.25) is 0 Å². The van der Waals surface area contributed by atoms with Crippen LogP contribution < -0.4 is 5.73 Å². The van der Waals surface area contributed by atoms with Crippen molar-refractivity contribution in [3.8, 4) is 0 Å². The molecule has 2 heterocycles. The van der Waals surface area contributed by atoms with Crippen LogP contribution in [0.25, 0.3) is 0 Å². The number of nitrogens with zero attached hydrogens (tertiary/aromatic N) is 1. The van der Waals surface area contributed by atoms with Crippen LogP contribution in [0.4, 0.5) is 0 Å². The van der Waals surface area contributed by atoms with Gasteiger partial charge in [0.15, 0.2) is 0 Å². The normalized spacial score (nSPS) is 24.5. The molecule has 0 saturated carbocycles. The number of hydrogen-bond acceptors (Lipinski definition) is 3. The van der Waals surface area contributed by atoms with Gasteiger partial charge in [-0.2, -0.15) is 0 Å². The Hall–Kier alpha value is -0.800. The van der Waals surface area contributed by atoms with E-state index in [1.165, 1.54) is 35.5 Å². The third kappa shape index (κ3) is 1.42. The second-order valence-corrected chi connectivity index (χ2v) is 5.02. The molecule has 0 saturated heterocycles. The van der Waals surface area contributed by atoms with Gasteiger partial charge in [-0.3, -0.25) is 4.90 Å². The van der Waals surface area contributed by atoms with Crippen molar-refractivity contribution in [1.29, 1.82) is 0 Å². The maximum atomic E-state index is 6.01. The lowest BCUT2D eigenvalue weighted by atomic mass is 9.93. The lowest BCUT2D eigenvalue weighted by Gasteiger charge is -2.32. The van der Waals surface area contributed by atoms with E-state index in [9.17, 15) is 0 Å². The number of nitrogens with two attached hydrogens (primary N) is 1. The van der Waals surface area contributed by atoms with Crippen molar-refractivity contribution < 1.29 is 4.42 Å². The van der Waals surface area contributed by atoms with E-state index in [-0.39, 0.29) is 0 Å². The Morgan fingerprint density at radius 3 is 3.00 bits per heavy atom. The van der Waals surface area contributed by atoms with Crippen LogP contribution in [0.1, 0.15) is 41.5 Å². The molecule has 3 heteroatoms. The van der Waals surface area contributed by atoms with E-state index in [0.29, 0.717) is 6.04 Å². The minimum atomic E-state index is 0.499. The van der Waals surface area contributed by atoms with Crippen molar-refractivity contribution in [2.24, 2.45) is 5.73 Å². The Morgan fingerprint density at radius 2 is 2.19 bits per heavy atom. The van der Waals surface area contributed by atoms with Crippen molar-refractivity contribution in [3.63, 3.8) is 0 Å². The Kier molecular flexibility index (Phi) is 2.52. The quantitative estimate of drug-likeness (QED) is 0.824. The predicted octanol–water partition coefficient (Wildman–Crippen LogP) is 1.65. The molecular weight excluding hydrogens is 200 g/mol. The van der Waals surface area contributed by atoms with Crippen molar-refractivity contribution in [3.05, 3.63) is 22.6 Å². The first-order chi connectivity index (χ1) is 7.81. The first-order valence-electron chi connectivity index (χ1n) is 6.35. The molecule has 3 rings (SSSR count). The summed E-state index contributed by atoms with van der Waals surface area (Å²) in [4.78, 5) is 2.43. The van der Waals surface area contributed by atoms with E-state index < -0.39 is 0 Å². The van der Waals surface area contributed by atoms with Gasteiger partial charge in [-0.25, -0.2) is 0 Å². The van der Waals surface area contributed by atoms with Gasteiger partial charge in [0.25, 0.3) is 0 Å². The summed E-state index contributed by atoms with van der Waals surface area (Å²) in [7, 11) is 2.21. The van der Waals surface area contributed by atoms with Gasteiger partial charge >= 0.3 is 0 Å². The minimum Gasteiger partial charge on any atom is -0.465 e. The van der Waals surface area contributed by atoms with Crippen molar-refractivity contribution in [2.45, 2.75) is 38.1 Å². The zero-order valence-electron chi connectivity index (χ0n) is 9.96. The topological polar surface area (TPSA) is 42.4 Å². The van der Waals surface area contributed by atoms with Crippen molar-refractivity contribution >= 4 is 0 Å². The van der Waals surface area contributed by atoms with Crippen molar-refractivity contribution in [1.82, 2.24) is 4.90 Å². The highest BCUT2D eigenvalue weighted by Gasteiger charge is 2.33. The van der Waals surface area contributed by atoms with Gasteiger partial charge in [0, 0.05) is 31.0 Å². The highest BCUT2D eigenvalue weighted by atomic mass is 16.3. The van der Waals surface area contributed by atoms with Crippen LogP contribution in [0.5, 0.6) is 0 Å². The fourth-order valence-electron chi connectivity index (χ4n) is 3.23. The maximum Gasteiger partial charge on any atom is 0.110 e. The van der Waals surface area contributed by atoms with Crippen LogP contribution >= 0.6 is 0 Å². The van der Waals surface area contributed by atoms with Gasteiger partial charge in [0.1, 0.15) is 11.5 Å². The number of aryl methyl sites for hydroxylation is 1. The third-order valence-corrected chi connectivity index (χ3v) is 4.04. The molecule has 16 heavy (non-hydrogen) atoms. The minimum absolute atomic E-state index is 0.499. The van der Waals surface area contributed by atoms with Gasteiger partial charge in [-0.1, -0.05) is 0 Å². The Balaban J connectivity index is 2.03. The molecule has 1 aromatic rings. The second kappa shape index (κ2) is 3.90. The van der Waals surface area contributed by atoms with Crippen LogP contribution in [0.3, 0.4) is 0 Å². The van der Waals surface area contributed by atoms with Crippen LogP contribution in [0.2, 0.25) is 0 Å². The van der Waals surface area contributed by atoms with Crippen LogP contribution in [-0.2, 0) is 19.3 Å². The number of rotatable bonds is 2. The molecule has 1 aliphatic carbocycles. The average molecular weight is 220 g/mol. The van der Waals surface area contributed by atoms with E-state index >= 15 is 0 Å². The van der Waals surface area contributed by atoms with E-state index in [1.807, 2.05) is 0 Å².